The third kappa shape index (κ3) is 4.43. The van der Waals surface area contributed by atoms with Crippen molar-refractivity contribution in [2.45, 2.75) is 18.8 Å². The summed E-state index contributed by atoms with van der Waals surface area (Å²) in [5.74, 6) is -2.47. The highest BCUT2D eigenvalue weighted by atomic mass is 79.9. The highest BCUT2D eigenvalue weighted by Crippen LogP contribution is 2.28. The lowest BCUT2D eigenvalue weighted by molar-refractivity contribution is -0.128. The van der Waals surface area contributed by atoms with E-state index in [0.717, 1.165) is 20.3 Å². The maximum absolute atomic E-state index is 14.3. The molecule has 0 spiro atoms. The number of carbonyl (C=O) groups excluding carboxylic acids is 3. The summed E-state index contributed by atoms with van der Waals surface area (Å²) < 4.78 is 25.4. The van der Waals surface area contributed by atoms with Gasteiger partial charge in [0.25, 0.3) is 11.8 Å². The quantitative estimate of drug-likeness (QED) is 0.451. The Morgan fingerprint density at radius 1 is 1.17 bits per heavy atom. The van der Waals surface area contributed by atoms with E-state index in [1.54, 1.807) is 24.3 Å². The van der Waals surface area contributed by atoms with E-state index in [0.29, 0.717) is 5.69 Å². The Labute approximate surface area is 181 Å². The average molecular weight is 479 g/mol. The van der Waals surface area contributed by atoms with Gasteiger partial charge in [-0.15, -0.1) is 0 Å². The molecule has 0 saturated carbocycles. The van der Waals surface area contributed by atoms with Crippen molar-refractivity contribution >= 4 is 39.3 Å². The molecule has 1 fully saturated rings. The van der Waals surface area contributed by atoms with Crippen molar-refractivity contribution in [3.05, 3.63) is 64.4 Å². The van der Waals surface area contributed by atoms with E-state index < -0.39 is 35.9 Å². The van der Waals surface area contributed by atoms with Crippen LogP contribution in [0.15, 0.2) is 53.0 Å². The lowest BCUT2D eigenvalue weighted by Gasteiger charge is -2.30. The molecule has 7 nitrogen and oxygen atoms in total. The van der Waals surface area contributed by atoms with E-state index in [-0.39, 0.29) is 18.5 Å². The van der Waals surface area contributed by atoms with E-state index in [4.69, 9.17) is 9.47 Å². The predicted molar refractivity (Wildman–Crippen MR) is 110 cm³/mol. The Hall–Kier alpha value is -2.62. The number of imide groups is 1. The molecule has 0 aromatic heterocycles. The van der Waals surface area contributed by atoms with Crippen LogP contribution in [-0.2, 0) is 19.1 Å². The molecule has 1 unspecified atom stereocenters. The van der Waals surface area contributed by atoms with Crippen molar-refractivity contribution in [2.24, 2.45) is 0 Å². The largest absolute Gasteiger partial charge is 0.354 e. The third-order valence-electron chi connectivity index (χ3n) is 4.82. The predicted octanol–water partition coefficient (Wildman–Crippen LogP) is 2.98. The summed E-state index contributed by atoms with van der Waals surface area (Å²) in [5.41, 5.74) is 0.190. The normalized spacial score (nSPS) is 16.4. The van der Waals surface area contributed by atoms with E-state index in [1.807, 2.05) is 0 Å². The van der Waals surface area contributed by atoms with Gasteiger partial charge in [0.2, 0.25) is 5.91 Å². The second kappa shape index (κ2) is 9.46. The molecular weight excluding hydrogens is 459 g/mol. The fourth-order valence-corrected chi connectivity index (χ4v) is 3.53. The maximum Gasteiger partial charge on any atom is 0.257 e. The Kier molecular flexibility index (Phi) is 6.96. The van der Waals surface area contributed by atoms with Gasteiger partial charge < -0.3 is 14.4 Å². The Morgan fingerprint density at radius 2 is 1.80 bits per heavy atom. The molecule has 0 radical (unpaired) electrons. The highest BCUT2D eigenvalue weighted by molar-refractivity contribution is 9.10. The van der Waals surface area contributed by atoms with Crippen molar-refractivity contribution < 1.29 is 28.2 Å². The van der Waals surface area contributed by atoms with Crippen LogP contribution in [0.1, 0.15) is 16.8 Å². The Morgan fingerprint density at radius 3 is 2.40 bits per heavy atom. The summed E-state index contributed by atoms with van der Waals surface area (Å²) in [4.78, 5) is 41.1. The summed E-state index contributed by atoms with van der Waals surface area (Å²) in [7, 11) is 2.77. The van der Waals surface area contributed by atoms with Crippen LogP contribution in [0.5, 0.6) is 0 Å². The molecule has 1 heterocycles. The topological polar surface area (TPSA) is 76.2 Å². The molecule has 158 valence electrons. The summed E-state index contributed by atoms with van der Waals surface area (Å²) in [6, 6.07) is 11.0. The molecule has 1 atom stereocenters. The minimum atomic E-state index is -1.11. The zero-order chi connectivity index (χ0) is 21.8. The van der Waals surface area contributed by atoms with Crippen LogP contribution in [0.2, 0.25) is 0 Å². The second-order valence-corrected chi connectivity index (χ2v) is 7.52. The fraction of sp³-hybridized carbons (Fsp3) is 0.286. The van der Waals surface area contributed by atoms with Gasteiger partial charge in [0.15, 0.2) is 6.29 Å². The first-order valence-electron chi connectivity index (χ1n) is 9.10. The van der Waals surface area contributed by atoms with Gasteiger partial charge in [-0.25, -0.2) is 9.29 Å². The van der Waals surface area contributed by atoms with Crippen LogP contribution in [0.25, 0.3) is 0 Å². The van der Waals surface area contributed by atoms with Gasteiger partial charge in [0, 0.05) is 18.7 Å². The standard InChI is InChI=1S/C21H20BrFN2O5/c1-29-19(30-2)12-24(20(27)15-5-3-4-6-16(15)23)17-11-18(26)25(21(17)28)14-9-7-13(22)8-10-14/h3-10,17,19H,11-12H2,1-2H3. The summed E-state index contributed by atoms with van der Waals surface area (Å²) in [6.45, 7) is -0.155. The van der Waals surface area contributed by atoms with Crippen LogP contribution in [0.4, 0.5) is 10.1 Å². The number of nitrogens with zero attached hydrogens (tertiary/aromatic N) is 2. The Bertz CT molecular complexity index is 949. The molecule has 0 N–H and O–H groups in total. The number of ether oxygens (including phenoxy) is 2. The van der Waals surface area contributed by atoms with Gasteiger partial charge in [-0.2, -0.15) is 0 Å². The van der Waals surface area contributed by atoms with Crippen LogP contribution in [0.3, 0.4) is 0 Å². The van der Waals surface area contributed by atoms with Crippen molar-refractivity contribution in [2.75, 3.05) is 25.7 Å². The number of anilines is 1. The third-order valence-corrected chi connectivity index (χ3v) is 5.35. The van der Waals surface area contributed by atoms with Gasteiger partial charge in [-0.1, -0.05) is 28.1 Å². The summed E-state index contributed by atoms with van der Waals surface area (Å²) >= 11 is 3.31. The van der Waals surface area contributed by atoms with E-state index in [1.165, 1.54) is 32.4 Å². The summed E-state index contributed by atoms with van der Waals surface area (Å²) in [5, 5.41) is 0. The van der Waals surface area contributed by atoms with E-state index >= 15 is 0 Å². The first-order valence-corrected chi connectivity index (χ1v) is 9.90. The highest BCUT2D eigenvalue weighted by Gasteiger charge is 2.45. The lowest BCUT2D eigenvalue weighted by Crippen LogP contribution is -2.49. The summed E-state index contributed by atoms with van der Waals surface area (Å²) in [6.07, 6.45) is -1.08. The first-order chi connectivity index (χ1) is 14.4. The molecule has 2 aromatic carbocycles. The fourth-order valence-electron chi connectivity index (χ4n) is 3.27. The molecule has 1 saturated heterocycles. The van der Waals surface area contributed by atoms with Crippen LogP contribution in [-0.4, -0.2) is 55.7 Å². The van der Waals surface area contributed by atoms with Gasteiger partial charge in [0.05, 0.1) is 24.2 Å². The minimum Gasteiger partial charge on any atom is -0.354 e. The zero-order valence-corrected chi connectivity index (χ0v) is 18.0. The number of rotatable bonds is 7. The molecular formula is C21H20BrFN2O5. The smallest absolute Gasteiger partial charge is 0.257 e. The van der Waals surface area contributed by atoms with Crippen LogP contribution < -0.4 is 4.90 Å². The monoisotopic (exact) mass is 478 g/mol. The molecule has 1 aliphatic heterocycles. The number of halogens is 2. The lowest BCUT2D eigenvalue weighted by atomic mass is 10.1. The molecule has 30 heavy (non-hydrogen) atoms. The zero-order valence-electron chi connectivity index (χ0n) is 16.4. The average Bonchev–Trinajstić information content (AvgIpc) is 3.03. The van der Waals surface area contributed by atoms with E-state index in [9.17, 15) is 18.8 Å². The number of hydrogen-bond donors (Lipinski definition) is 0. The SMILES string of the molecule is COC(CN(C(=O)c1ccccc1F)C1CC(=O)N(c2ccc(Br)cc2)C1=O)OC. The van der Waals surface area contributed by atoms with Gasteiger partial charge >= 0.3 is 0 Å². The van der Waals surface area contributed by atoms with Gasteiger partial charge in [0.1, 0.15) is 11.9 Å². The van der Waals surface area contributed by atoms with Crippen molar-refractivity contribution in [1.82, 2.24) is 4.90 Å². The molecule has 1 aliphatic rings. The van der Waals surface area contributed by atoms with Crippen LogP contribution >= 0.6 is 15.9 Å². The first kappa shape index (κ1) is 22.1. The van der Waals surface area contributed by atoms with Crippen molar-refractivity contribution in [3.8, 4) is 0 Å². The number of carbonyl (C=O) groups is 3. The molecule has 0 bridgehead atoms. The van der Waals surface area contributed by atoms with Gasteiger partial charge in [-0.05, 0) is 36.4 Å². The number of amides is 3. The number of methoxy groups -OCH3 is 2. The number of hydrogen-bond acceptors (Lipinski definition) is 5. The second-order valence-electron chi connectivity index (χ2n) is 6.60. The Balaban J connectivity index is 1.96. The number of benzene rings is 2. The molecule has 2 aromatic rings. The molecule has 3 amide bonds. The molecule has 3 rings (SSSR count). The minimum absolute atomic E-state index is 0.155. The van der Waals surface area contributed by atoms with Crippen molar-refractivity contribution in [3.63, 3.8) is 0 Å². The van der Waals surface area contributed by atoms with E-state index in [2.05, 4.69) is 15.9 Å². The molecule has 9 heteroatoms. The maximum atomic E-state index is 14.3. The van der Waals surface area contributed by atoms with Crippen molar-refractivity contribution in [1.29, 1.82) is 0 Å². The molecule has 0 aliphatic carbocycles. The van der Waals surface area contributed by atoms with Gasteiger partial charge in [-0.3, -0.25) is 14.4 Å². The van der Waals surface area contributed by atoms with Crippen LogP contribution in [0, 0.1) is 5.82 Å².